The van der Waals surface area contributed by atoms with Gasteiger partial charge in [-0.3, -0.25) is 0 Å². The molecule has 0 spiro atoms. The number of hydrogen-bond acceptors (Lipinski definition) is 1. The van der Waals surface area contributed by atoms with Crippen LogP contribution in [0.1, 0.15) is 70.3 Å². The third-order valence-corrected chi connectivity index (χ3v) is 6.56. The maximum absolute atomic E-state index is 7.12. The van der Waals surface area contributed by atoms with Crippen LogP contribution < -0.4 is 5.73 Å². The molecule has 3 rings (SSSR count). The average molecular weight is 285 g/mol. The molecular weight excluding hydrogens is 254 g/mol. The molecule has 2 fully saturated rings. The monoisotopic (exact) mass is 285 g/mol. The topological polar surface area (TPSA) is 26.0 Å². The van der Waals surface area contributed by atoms with E-state index in [0.29, 0.717) is 11.8 Å². The molecule has 2 N–H and O–H groups in total. The van der Waals surface area contributed by atoms with Gasteiger partial charge in [-0.15, -0.1) is 0 Å². The zero-order valence-electron chi connectivity index (χ0n) is 13.7. The van der Waals surface area contributed by atoms with Crippen molar-refractivity contribution in [1.29, 1.82) is 0 Å². The molecule has 1 nitrogen and oxygen atoms in total. The van der Waals surface area contributed by atoms with Gasteiger partial charge in [0.05, 0.1) is 0 Å². The van der Waals surface area contributed by atoms with Crippen molar-refractivity contribution in [3.8, 4) is 0 Å². The molecule has 0 radical (unpaired) electrons. The molecule has 1 heteroatoms. The summed E-state index contributed by atoms with van der Waals surface area (Å²) in [6.07, 6.45) is 9.20. The molecule has 116 valence electrons. The summed E-state index contributed by atoms with van der Waals surface area (Å²) in [6.45, 7) is 4.85. The Morgan fingerprint density at radius 1 is 0.952 bits per heavy atom. The summed E-state index contributed by atoms with van der Waals surface area (Å²) in [6, 6.07) is 11.1. The molecule has 2 saturated carbocycles. The molecule has 0 saturated heterocycles. The van der Waals surface area contributed by atoms with Gasteiger partial charge in [0.1, 0.15) is 0 Å². The first-order valence-corrected chi connectivity index (χ1v) is 8.95. The minimum absolute atomic E-state index is 0.0357. The predicted octanol–water partition coefficient (Wildman–Crippen LogP) is 5.11. The zero-order valence-corrected chi connectivity index (χ0v) is 13.7. The highest BCUT2D eigenvalue weighted by molar-refractivity contribution is 5.25. The van der Waals surface area contributed by atoms with E-state index < -0.39 is 0 Å². The number of nitrogens with two attached hydrogens (primary N) is 1. The van der Waals surface area contributed by atoms with Crippen molar-refractivity contribution in [3.05, 3.63) is 35.9 Å². The average Bonchev–Trinajstić information content (AvgIpc) is 2.51. The second kappa shape index (κ2) is 6.12. The van der Waals surface area contributed by atoms with Crippen LogP contribution in [0.2, 0.25) is 0 Å². The van der Waals surface area contributed by atoms with Gasteiger partial charge in [0.2, 0.25) is 0 Å². The van der Waals surface area contributed by atoms with Gasteiger partial charge >= 0.3 is 0 Å². The molecule has 1 aromatic rings. The fraction of sp³-hybridized carbons (Fsp3) is 0.700. The Hall–Kier alpha value is -0.820. The first-order chi connectivity index (χ1) is 10.1. The van der Waals surface area contributed by atoms with E-state index >= 15 is 0 Å². The lowest BCUT2D eigenvalue weighted by Crippen LogP contribution is -2.55. The molecule has 1 aromatic carbocycles. The first-order valence-electron chi connectivity index (χ1n) is 8.95. The molecule has 5 atom stereocenters. The van der Waals surface area contributed by atoms with Crippen LogP contribution in [0.3, 0.4) is 0 Å². The zero-order chi connectivity index (χ0) is 14.9. The Kier molecular flexibility index (Phi) is 4.40. The summed E-state index contributed by atoms with van der Waals surface area (Å²) < 4.78 is 0. The summed E-state index contributed by atoms with van der Waals surface area (Å²) in [4.78, 5) is 0. The SMILES string of the molecule is CC1CCC(C2(N)CCCCC2c2ccccc2)CC1C. The van der Waals surface area contributed by atoms with E-state index in [1.54, 1.807) is 0 Å². The minimum Gasteiger partial charge on any atom is -0.324 e. The molecule has 0 bridgehead atoms. The van der Waals surface area contributed by atoms with Crippen LogP contribution in [0.4, 0.5) is 0 Å². The Labute approximate surface area is 130 Å². The highest BCUT2D eigenvalue weighted by Gasteiger charge is 2.45. The van der Waals surface area contributed by atoms with Crippen molar-refractivity contribution < 1.29 is 0 Å². The molecule has 21 heavy (non-hydrogen) atoms. The summed E-state index contributed by atoms with van der Waals surface area (Å²) in [5, 5.41) is 0. The number of hydrogen-bond donors (Lipinski definition) is 1. The van der Waals surface area contributed by atoms with E-state index in [9.17, 15) is 0 Å². The molecule has 0 aromatic heterocycles. The van der Waals surface area contributed by atoms with Crippen molar-refractivity contribution in [2.75, 3.05) is 0 Å². The van der Waals surface area contributed by atoms with Crippen LogP contribution in [0.15, 0.2) is 30.3 Å². The number of benzene rings is 1. The van der Waals surface area contributed by atoms with Crippen LogP contribution in [-0.2, 0) is 0 Å². The van der Waals surface area contributed by atoms with Gasteiger partial charge in [0.15, 0.2) is 0 Å². The molecular formula is C20H31N. The van der Waals surface area contributed by atoms with Gasteiger partial charge < -0.3 is 5.73 Å². The van der Waals surface area contributed by atoms with Crippen molar-refractivity contribution in [2.24, 2.45) is 23.5 Å². The van der Waals surface area contributed by atoms with Crippen molar-refractivity contribution in [1.82, 2.24) is 0 Å². The van der Waals surface area contributed by atoms with E-state index in [2.05, 4.69) is 44.2 Å². The summed E-state index contributed by atoms with van der Waals surface area (Å²) >= 11 is 0. The summed E-state index contributed by atoms with van der Waals surface area (Å²) in [5.41, 5.74) is 8.63. The summed E-state index contributed by atoms with van der Waals surface area (Å²) in [7, 11) is 0. The van der Waals surface area contributed by atoms with Crippen LogP contribution in [0.25, 0.3) is 0 Å². The standard InChI is InChI=1S/C20H31N/c1-15-11-12-18(14-16(15)2)20(21)13-7-6-10-19(20)17-8-4-3-5-9-17/h3-5,8-9,15-16,18-19H,6-7,10-14,21H2,1-2H3. The lowest BCUT2D eigenvalue weighted by atomic mass is 9.58. The third kappa shape index (κ3) is 2.90. The smallest absolute Gasteiger partial charge is 0.0252 e. The normalized spacial score (nSPS) is 40.9. The van der Waals surface area contributed by atoms with Gasteiger partial charge in [-0.05, 0) is 49.0 Å². The lowest BCUT2D eigenvalue weighted by molar-refractivity contribution is 0.0874. The van der Waals surface area contributed by atoms with E-state index in [-0.39, 0.29) is 5.54 Å². The molecule has 2 aliphatic rings. The fourth-order valence-electron chi connectivity index (χ4n) is 4.91. The van der Waals surface area contributed by atoms with E-state index in [1.807, 2.05) is 0 Å². The maximum Gasteiger partial charge on any atom is 0.0252 e. The number of rotatable bonds is 2. The van der Waals surface area contributed by atoms with E-state index in [1.165, 1.54) is 50.5 Å². The Morgan fingerprint density at radius 2 is 1.71 bits per heavy atom. The summed E-state index contributed by atoms with van der Waals surface area (Å²) in [5.74, 6) is 3.00. The van der Waals surface area contributed by atoms with Crippen molar-refractivity contribution in [2.45, 2.75) is 70.3 Å². The Morgan fingerprint density at radius 3 is 2.43 bits per heavy atom. The minimum atomic E-state index is 0.0357. The maximum atomic E-state index is 7.12. The van der Waals surface area contributed by atoms with Gasteiger partial charge in [0.25, 0.3) is 0 Å². The molecule has 0 amide bonds. The van der Waals surface area contributed by atoms with Gasteiger partial charge in [0, 0.05) is 11.5 Å². The van der Waals surface area contributed by atoms with Crippen molar-refractivity contribution in [3.63, 3.8) is 0 Å². The second-order valence-electron chi connectivity index (χ2n) is 7.79. The molecule has 0 heterocycles. The highest BCUT2D eigenvalue weighted by Crippen LogP contribution is 2.49. The Bertz CT molecular complexity index is 454. The molecule has 2 aliphatic carbocycles. The molecule has 5 unspecified atom stereocenters. The lowest BCUT2D eigenvalue weighted by Gasteiger charge is -2.50. The van der Waals surface area contributed by atoms with Crippen LogP contribution in [-0.4, -0.2) is 5.54 Å². The van der Waals surface area contributed by atoms with Gasteiger partial charge in [-0.25, -0.2) is 0 Å². The van der Waals surface area contributed by atoms with E-state index in [0.717, 1.165) is 11.8 Å². The Balaban J connectivity index is 1.85. The van der Waals surface area contributed by atoms with E-state index in [4.69, 9.17) is 5.73 Å². The quantitative estimate of drug-likeness (QED) is 0.802. The molecule has 0 aliphatic heterocycles. The van der Waals surface area contributed by atoms with Crippen molar-refractivity contribution >= 4 is 0 Å². The predicted molar refractivity (Wildman–Crippen MR) is 90.2 cm³/mol. The van der Waals surface area contributed by atoms with Crippen LogP contribution in [0, 0.1) is 17.8 Å². The largest absolute Gasteiger partial charge is 0.324 e. The fourth-order valence-corrected chi connectivity index (χ4v) is 4.91. The van der Waals surface area contributed by atoms with Crippen LogP contribution in [0.5, 0.6) is 0 Å². The third-order valence-electron chi connectivity index (χ3n) is 6.56. The second-order valence-corrected chi connectivity index (χ2v) is 7.79. The van der Waals surface area contributed by atoms with Crippen LogP contribution >= 0.6 is 0 Å². The first kappa shape index (κ1) is 15.1. The highest BCUT2D eigenvalue weighted by atomic mass is 14.8. The van der Waals surface area contributed by atoms with Gasteiger partial charge in [-0.2, -0.15) is 0 Å². The van der Waals surface area contributed by atoms with Gasteiger partial charge in [-0.1, -0.05) is 63.4 Å².